The van der Waals surface area contributed by atoms with Crippen LogP contribution in [0.15, 0.2) is 37.8 Å². The van der Waals surface area contributed by atoms with Gasteiger partial charge in [0.15, 0.2) is 10.8 Å². The lowest BCUT2D eigenvalue weighted by Crippen LogP contribution is -2.41. The molecule has 3 aromatic heterocycles. The summed E-state index contributed by atoms with van der Waals surface area (Å²) in [5, 5.41) is 2.40. The molecule has 0 bridgehead atoms. The third-order valence-corrected chi connectivity index (χ3v) is 4.48. The Hall–Kier alpha value is -2.61. The third kappa shape index (κ3) is 2.69. The summed E-state index contributed by atoms with van der Waals surface area (Å²) in [7, 11) is 1.45. The summed E-state index contributed by atoms with van der Waals surface area (Å²) >= 11 is 1.35. The summed E-state index contributed by atoms with van der Waals surface area (Å²) in [6.07, 6.45) is 1.56. The molecule has 0 atom stereocenters. The first kappa shape index (κ1) is 16.3. The van der Waals surface area contributed by atoms with E-state index in [9.17, 15) is 9.59 Å². The fourth-order valence-corrected chi connectivity index (χ4v) is 3.24. The Labute approximate surface area is 142 Å². The molecule has 0 saturated heterocycles. The van der Waals surface area contributed by atoms with Gasteiger partial charge in [-0.1, -0.05) is 13.8 Å². The summed E-state index contributed by atoms with van der Waals surface area (Å²) in [6.45, 7) is 4.39. The van der Waals surface area contributed by atoms with Gasteiger partial charge >= 0.3 is 5.69 Å². The molecular weight excluding hydrogens is 328 g/mol. The summed E-state index contributed by atoms with van der Waals surface area (Å²) < 4.78 is 7.82. The number of aromatic nitrogens is 3. The highest BCUT2D eigenvalue weighted by molar-refractivity contribution is 7.13. The number of rotatable bonds is 4. The zero-order valence-electron chi connectivity index (χ0n) is 13.6. The summed E-state index contributed by atoms with van der Waals surface area (Å²) in [4.78, 5) is 29.3. The van der Waals surface area contributed by atoms with Crippen molar-refractivity contribution in [3.05, 3.63) is 44.6 Å². The molecule has 24 heavy (non-hydrogen) atoms. The van der Waals surface area contributed by atoms with Crippen molar-refractivity contribution in [3.8, 4) is 22.0 Å². The molecule has 3 aromatic rings. The van der Waals surface area contributed by atoms with Gasteiger partial charge in [0.25, 0.3) is 5.56 Å². The van der Waals surface area contributed by atoms with Gasteiger partial charge in [-0.2, -0.15) is 0 Å². The van der Waals surface area contributed by atoms with E-state index in [1.165, 1.54) is 23.0 Å². The number of furan rings is 1. The van der Waals surface area contributed by atoms with E-state index in [4.69, 9.17) is 10.2 Å². The monoisotopic (exact) mass is 346 g/mol. The van der Waals surface area contributed by atoms with Crippen LogP contribution in [0.2, 0.25) is 0 Å². The average Bonchev–Trinajstić information content (AvgIpc) is 3.20. The molecule has 8 heteroatoms. The van der Waals surface area contributed by atoms with Crippen LogP contribution in [0.25, 0.3) is 22.0 Å². The number of anilines is 1. The van der Waals surface area contributed by atoms with Gasteiger partial charge in [-0.15, -0.1) is 11.3 Å². The second-order valence-electron chi connectivity index (χ2n) is 5.93. The minimum atomic E-state index is -0.450. The first-order valence-corrected chi connectivity index (χ1v) is 8.37. The lowest BCUT2D eigenvalue weighted by atomic mass is 10.2. The molecule has 3 heterocycles. The molecule has 3 rings (SSSR count). The van der Waals surface area contributed by atoms with E-state index >= 15 is 0 Å². The van der Waals surface area contributed by atoms with Gasteiger partial charge in [0.2, 0.25) is 0 Å². The van der Waals surface area contributed by atoms with Crippen LogP contribution < -0.4 is 17.0 Å². The quantitative estimate of drug-likeness (QED) is 0.781. The van der Waals surface area contributed by atoms with Gasteiger partial charge in [-0.05, 0) is 18.1 Å². The number of hydrogen-bond donors (Lipinski definition) is 1. The minimum absolute atomic E-state index is 0.146. The second-order valence-corrected chi connectivity index (χ2v) is 6.78. The highest BCUT2D eigenvalue weighted by atomic mass is 32.1. The molecular formula is C16H18N4O3S. The van der Waals surface area contributed by atoms with Crippen molar-refractivity contribution in [3.63, 3.8) is 0 Å². The minimum Gasteiger partial charge on any atom is -0.462 e. The zero-order chi connectivity index (χ0) is 17.4. The Morgan fingerprint density at radius 1 is 1.38 bits per heavy atom. The molecule has 0 saturated carbocycles. The topological polar surface area (TPSA) is 96.1 Å². The molecule has 0 aliphatic heterocycles. The molecule has 0 unspecified atom stereocenters. The maximum Gasteiger partial charge on any atom is 0.332 e. The molecule has 0 aliphatic carbocycles. The van der Waals surface area contributed by atoms with Crippen molar-refractivity contribution < 1.29 is 4.42 Å². The first-order chi connectivity index (χ1) is 11.4. The predicted molar refractivity (Wildman–Crippen MR) is 94.0 cm³/mol. The number of thiazole rings is 1. The zero-order valence-corrected chi connectivity index (χ0v) is 14.5. The molecule has 7 nitrogen and oxygen atoms in total. The van der Waals surface area contributed by atoms with Gasteiger partial charge in [0.1, 0.15) is 11.4 Å². The fourth-order valence-electron chi connectivity index (χ4n) is 2.47. The summed E-state index contributed by atoms with van der Waals surface area (Å²) in [5.74, 6) is 0.981. The smallest absolute Gasteiger partial charge is 0.332 e. The third-order valence-electron chi connectivity index (χ3n) is 3.62. The molecule has 126 valence electrons. The van der Waals surface area contributed by atoms with Crippen molar-refractivity contribution in [2.75, 3.05) is 5.73 Å². The standard InChI is InChI=1S/C16H18N4O3S/c1-9(2)7-20-13(17)12(15(21)19(3)16(20)22)10-8-24-14(18-10)11-5-4-6-23-11/h4-6,8-9H,7,17H2,1-3H3. The number of nitrogen functional groups attached to an aromatic ring is 1. The number of hydrogen-bond acceptors (Lipinski definition) is 6. The molecule has 0 spiro atoms. The van der Waals surface area contributed by atoms with E-state index in [0.717, 1.165) is 4.57 Å². The summed E-state index contributed by atoms with van der Waals surface area (Å²) in [6, 6.07) is 3.57. The maximum absolute atomic E-state index is 12.6. The van der Waals surface area contributed by atoms with Crippen LogP contribution in [0, 0.1) is 5.92 Å². The normalized spacial score (nSPS) is 11.3. The lowest BCUT2D eigenvalue weighted by Gasteiger charge is -2.15. The highest BCUT2D eigenvalue weighted by Gasteiger charge is 2.20. The van der Waals surface area contributed by atoms with E-state index < -0.39 is 11.2 Å². The number of nitrogens with two attached hydrogens (primary N) is 1. The van der Waals surface area contributed by atoms with Crippen LogP contribution in [0.5, 0.6) is 0 Å². The molecule has 0 amide bonds. The van der Waals surface area contributed by atoms with Crippen molar-refractivity contribution >= 4 is 17.2 Å². The van der Waals surface area contributed by atoms with Crippen molar-refractivity contribution in [1.82, 2.24) is 14.1 Å². The first-order valence-electron chi connectivity index (χ1n) is 7.49. The molecule has 0 radical (unpaired) electrons. The predicted octanol–water partition coefficient (Wildman–Crippen LogP) is 2.17. The van der Waals surface area contributed by atoms with Crippen molar-refractivity contribution in [1.29, 1.82) is 0 Å². The highest BCUT2D eigenvalue weighted by Crippen LogP contribution is 2.29. The Kier molecular flexibility index (Phi) is 4.15. The molecule has 0 aromatic carbocycles. The van der Waals surface area contributed by atoms with Crippen LogP contribution in [0.3, 0.4) is 0 Å². The van der Waals surface area contributed by atoms with Crippen LogP contribution >= 0.6 is 11.3 Å². The van der Waals surface area contributed by atoms with Crippen LogP contribution in [0.1, 0.15) is 13.8 Å². The number of nitrogens with zero attached hydrogens (tertiary/aromatic N) is 3. The SMILES string of the molecule is CC(C)Cn1c(N)c(-c2csc(-c3ccco3)n2)c(=O)n(C)c1=O. The van der Waals surface area contributed by atoms with Gasteiger partial charge in [0.05, 0.1) is 12.0 Å². The van der Waals surface area contributed by atoms with Crippen LogP contribution in [-0.2, 0) is 13.6 Å². The molecule has 0 aliphatic rings. The van der Waals surface area contributed by atoms with E-state index in [1.54, 1.807) is 23.8 Å². The van der Waals surface area contributed by atoms with Crippen LogP contribution in [-0.4, -0.2) is 14.1 Å². The Balaban J connectivity index is 2.19. The molecule has 0 fully saturated rings. The molecule has 2 N–H and O–H groups in total. The van der Waals surface area contributed by atoms with E-state index in [1.807, 2.05) is 13.8 Å². The van der Waals surface area contributed by atoms with E-state index in [2.05, 4.69) is 4.98 Å². The Bertz CT molecular complexity index is 980. The van der Waals surface area contributed by atoms with Crippen molar-refractivity contribution in [2.45, 2.75) is 20.4 Å². The van der Waals surface area contributed by atoms with Gasteiger partial charge in [-0.25, -0.2) is 9.78 Å². The van der Waals surface area contributed by atoms with Crippen LogP contribution in [0.4, 0.5) is 5.82 Å². The second kappa shape index (κ2) is 6.12. The Morgan fingerprint density at radius 2 is 2.12 bits per heavy atom. The van der Waals surface area contributed by atoms with E-state index in [0.29, 0.717) is 23.0 Å². The van der Waals surface area contributed by atoms with E-state index in [-0.39, 0.29) is 17.3 Å². The maximum atomic E-state index is 12.6. The lowest BCUT2D eigenvalue weighted by molar-refractivity contribution is 0.494. The summed E-state index contributed by atoms with van der Waals surface area (Å²) in [5.41, 5.74) is 5.97. The van der Waals surface area contributed by atoms with Gasteiger partial charge in [-0.3, -0.25) is 13.9 Å². The van der Waals surface area contributed by atoms with Gasteiger partial charge < -0.3 is 10.2 Å². The average molecular weight is 346 g/mol. The van der Waals surface area contributed by atoms with Gasteiger partial charge in [0, 0.05) is 19.0 Å². The Morgan fingerprint density at radius 3 is 2.75 bits per heavy atom. The largest absolute Gasteiger partial charge is 0.462 e. The fraction of sp³-hybridized carbons (Fsp3) is 0.312. The van der Waals surface area contributed by atoms with Crippen molar-refractivity contribution in [2.24, 2.45) is 13.0 Å².